The SMILES string of the molecule is O=C1CCC(N2C(=O)c3ccc(CN4CCCC(OC5CNC5)C4)cc3C2=O)C(=O)N1. The summed E-state index contributed by atoms with van der Waals surface area (Å²) in [7, 11) is 0. The number of likely N-dealkylation sites (tertiary alicyclic amines) is 1. The molecule has 4 heterocycles. The molecule has 1 aromatic rings. The first-order valence-electron chi connectivity index (χ1n) is 10.9. The maximum absolute atomic E-state index is 13.0. The summed E-state index contributed by atoms with van der Waals surface area (Å²) in [6, 6.07) is 4.38. The summed E-state index contributed by atoms with van der Waals surface area (Å²) in [5.41, 5.74) is 1.60. The van der Waals surface area contributed by atoms with Gasteiger partial charge in [-0.05, 0) is 43.5 Å². The van der Waals surface area contributed by atoms with Gasteiger partial charge in [-0.25, -0.2) is 0 Å². The van der Waals surface area contributed by atoms with E-state index in [4.69, 9.17) is 4.74 Å². The molecule has 3 fully saturated rings. The van der Waals surface area contributed by atoms with Crippen LogP contribution in [-0.2, 0) is 20.9 Å². The van der Waals surface area contributed by atoms with E-state index in [9.17, 15) is 19.2 Å². The van der Waals surface area contributed by atoms with Crippen LogP contribution in [0.2, 0.25) is 0 Å². The Kier molecular flexibility index (Phi) is 5.33. The maximum Gasteiger partial charge on any atom is 0.262 e. The summed E-state index contributed by atoms with van der Waals surface area (Å²) < 4.78 is 6.13. The Morgan fingerprint density at radius 3 is 2.55 bits per heavy atom. The highest BCUT2D eigenvalue weighted by Crippen LogP contribution is 2.29. The van der Waals surface area contributed by atoms with Gasteiger partial charge < -0.3 is 10.1 Å². The number of benzene rings is 1. The molecule has 3 saturated heterocycles. The third-order valence-corrected chi connectivity index (χ3v) is 6.50. The lowest BCUT2D eigenvalue weighted by atomic mass is 10.0. The molecule has 0 aromatic heterocycles. The molecule has 9 heteroatoms. The number of rotatable bonds is 5. The largest absolute Gasteiger partial charge is 0.371 e. The van der Waals surface area contributed by atoms with Crippen molar-refractivity contribution in [1.29, 1.82) is 0 Å². The van der Waals surface area contributed by atoms with Crippen molar-refractivity contribution in [3.63, 3.8) is 0 Å². The number of fused-ring (bicyclic) bond motifs is 1. The van der Waals surface area contributed by atoms with Crippen molar-refractivity contribution in [2.45, 2.75) is 50.5 Å². The molecule has 9 nitrogen and oxygen atoms in total. The predicted molar refractivity (Wildman–Crippen MR) is 109 cm³/mol. The number of ether oxygens (including phenoxy) is 1. The Bertz CT molecular complexity index is 944. The molecule has 164 valence electrons. The molecule has 1 aromatic carbocycles. The van der Waals surface area contributed by atoms with Crippen LogP contribution in [-0.4, -0.2) is 77.9 Å². The minimum Gasteiger partial charge on any atom is -0.371 e. The van der Waals surface area contributed by atoms with Gasteiger partial charge in [-0.3, -0.25) is 34.3 Å². The van der Waals surface area contributed by atoms with Crippen molar-refractivity contribution in [1.82, 2.24) is 20.4 Å². The summed E-state index contributed by atoms with van der Waals surface area (Å²) in [5, 5.41) is 5.44. The lowest BCUT2D eigenvalue weighted by molar-refractivity contribution is -0.136. The molecule has 4 aliphatic rings. The van der Waals surface area contributed by atoms with Gasteiger partial charge in [0, 0.05) is 32.6 Å². The highest BCUT2D eigenvalue weighted by atomic mass is 16.5. The van der Waals surface area contributed by atoms with E-state index in [1.807, 2.05) is 6.07 Å². The first-order chi connectivity index (χ1) is 15.0. The van der Waals surface area contributed by atoms with E-state index in [-0.39, 0.29) is 24.9 Å². The summed E-state index contributed by atoms with van der Waals surface area (Å²) >= 11 is 0. The van der Waals surface area contributed by atoms with Gasteiger partial charge in [-0.2, -0.15) is 0 Å². The van der Waals surface area contributed by atoms with E-state index in [2.05, 4.69) is 15.5 Å². The molecule has 4 amide bonds. The van der Waals surface area contributed by atoms with Crippen molar-refractivity contribution in [3.8, 4) is 0 Å². The van der Waals surface area contributed by atoms with E-state index in [1.165, 1.54) is 0 Å². The molecule has 2 N–H and O–H groups in total. The predicted octanol–water partition coefficient (Wildman–Crippen LogP) is 0.0406. The highest BCUT2D eigenvalue weighted by Gasteiger charge is 2.44. The molecule has 2 atom stereocenters. The molecular formula is C22H26N4O5. The van der Waals surface area contributed by atoms with Crippen LogP contribution in [0.15, 0.2) is 18.2 Å². The smallest absolute Gasteiger partial charge is 0.262 e. The summed E-state index contributed by atoms with van der Waals surface area (Å²) in [4.78, 5) is 52.8. The Labute approximate surface area is 180 Å². The topological polar surface area (TPSA) is 108 Å². The second-order valence-corrected chi connectivity index (χ2v) is 8.74. The van der Waals surface area contributed by atoms with Crippen LogP contribution in [0.4, 0.5) is 0 Å². The van der Waals surface area contributed by atoms with E-state index >= 15 is 0 Å². The molecule has 4 aliphatic heterocycles. The Balaban J connectivity index is 1.27. The molecule has 5 rings (SSSR count). The van der Waals surface area contributed by atoms with Crippen molar-refractivity contribution < 1.29 is 23.9 Å². The average Bonchev–Trinajstić information content (AvgIpc) is 2.96. The number of hydrogen-bond donors (Lipinski definition) is 2. The lowest BCUT2D eigenvalue weighted by Crippen LogP contribution is -2.54. The number of carbonyl (C=O) groups excluding carboxylic acids is 4. The van der Waals surface area contributed by atoms with Crippen LogP contribution in [0.3, 0.4) is 0 Å². The monoisotopic (exact) mass is 426 g/mol. The van der Waals surface area contributed by atoms with Gasteiger partial charge in [0.25, 0.3) is 11.8 Å². The van der Waals surface area contributed by atoms with Crippen molar-refractivity contribution in [3.05, 3.63) is 34.9 Å². The number of hydrogen-bond acceptors (Lipinski definition) is 7. The summed E-state index contributed by atoms with van der Waals surface area (Å²) in [6.07, 6.45) is 2.94. The lowest BCUT2D eigenvalue weighted by Gasteiger charge is -2.37. The maximum atomic E-state index is 13.0. The fraction of sp³-hybridized carbons (Fsp3) is 0.545. The Morgan fingerprint density at radius 1 is 1.00 bits per heavy atom. The fourth-order valence-electron chi connectivity index (χ4n) is 4.77. The second-order valence-electron chi connectivity index (χ2n) is 8.74. The van der Waals surface area contributed by atoms with Gasteiger partial charge in [0.2, 0.25) is 11.8 Å². The summed E-state index contributed by atoms with van der Waals surface area (Å²) in [5.74, 6) is -1.90. The van der Waals surface area contributed by atoms with Crippen LogP contribution < -0.4 is 10.6 Å². The molecule has 0 radical (unpaired) electrons. The van der Waals surface area contributed by atoms with Crippen LogP contribution >= 0.6 is 0 Å². The third-order valence-electron chi connectivity index (χ3n) is 6.50. The Morgan fingerprint density at radius 2 is 1.81 bits per heavy atom. The Hall–Kier alpha value is -2.62. The third kappa shape index (κ3) is 3.88. The quantitative estimate of drug-likeness (QED) is 0.640. The van der Waals surface area contributed by atoms with Gasteiger partial charge in [0.05, 0.1) is 23.3 Å². The standard InChI is InChI=1S/C22H26N4O5/c27-19-6-5-18(20(28)24-19)26-21(29)16-4-3-13(8-17(16)22(26)30)11-25-7-1-2-14(12-25)31-15-9-23-10-15/h3-4,8,14-15,18,23H,1-2,5-7,9-12H2,(H,24,27,28). The highest BCUT2D eigenvalue weighted by molar-refractivity contribution is 6.23. The number of amides is 4. The molecule has 2 unspecified atom stereocenters. The summed E-state index contributed by atoms with van der Waals surface area (Å²) in [6.45, 7) is 4.33. The number of piperidine rings is 2. The van der Waals surface area contributed by atoms with Gasteiger partial charge >= 0.3 is 0 Å². The van der Waals surface area contributed by atoms with Gasteiger partial charge in [0.1, 0.15) is 6.04 Å². The number of nitrogens with zero attached hydrogens (tertiary/aromatic N) is 2. The van der Waals surface area contributed by atoms with E-state index < -0.39 is 23.8 Å². The second kappa shape index (κ2) is 8.14. The van der Waals surface area contributed by atoms with Crippen molar-refractivity contribution in [2.24, 2.45) is 0 Å². The number of carbonyl (C=O) groups is 4. The minimum absolute atomic E-state index is 0.115. The van der Waals surface area contributed by atoms with Crippen LogP contribution in [0.25, 0.3) is 0 Å². The van der Waals surface area contributed by atoms with Crippen molar-refractivity contribution >= 4 is 23.6 Å². The number of nitrogens with one attached hydrogen (secondary N) is 2. The minimum atomic E-state index is -0.936. The van der Waals surface area contributed by atoms with E-state index in [0.29, 0.717) is 23.8 Å². The molecule has 0 bridgehead atoms. The van der Waals surface area contributed by atoms with E-state index in [1.54, 1.807) is 12.1 Å². The van der Waals surface area contributed by atoms with Crippen LogP contribution in [0, 0.1) is 0 Å². The average molecular weight is 426 g/mol. The van der Waals surface area contributed by atoms with Crippen molar-refractivity contribution in [2.75, 3.05) is 26.2 Å². The fourth-order valence-corrected chi connectivity index (χ4v) is 4.77. The number of imide groups is 2. The molecular weight excluding hydrogens is 400 g/mol. The van der Waals surface area contributed by atoms with E-state index in [0.717, 1.165) is 49.5 Å². The van der Waals surface area contributed by atoms with Crippen LogP contribution in [0.5, 0.6) is 0 Å². The zero-order valence-electron chi connectivity index (χ0n) is 17.3. The van der Waals surface area contributed by atoms with Gasteiger partial charge in [0.15, 0.2) is 0 Å². The molecule has 0 spiro atoms. The molecule has 0 saturated carbocycles. The zero-order chi connectivity index (χ0) is 21.5. The normalized spacial score (nSPS) is 27.3. The first-order valence-corrected chi connectivity index (χ1v) is 10.9. The first kappa shape index (κ1) is 20.3. The van der Waals surface area contributed by atoms with Gasteiger partial charge in [-0.15, -0.1) is 0 Å². The molecule has 0 aliphatic carbocycles. The van der Waals surface area contributed by atoms with Crippen LogP contribution in [0.1, 0.15) is 52.0 Å². The molecule has 31 heavy (non-hydrogen) atoms. The van der Waals surface area contributed by atoms with Gasteiger partial charge in [-0.1, -0.05) is 6.07 Å². The zero-order valence-corrected chi connectivity index (χ0v) is 17.3.